The van der Waals surface area contributed by atoms with Crippen LogP contribution in [-0.4, -0.2) is 22.8 Å². The van der Waals surface area contributed by atoms with Crippen LogP contribution in [0.3, 0.4) is 0 Å². The van der Waals surface area contributed by atoms with Crippen molar-refractivity contribution in [3.8, 4) is 11.3 Å². The summed E-state index contributed by atoms with van der Waals surface area (Å²) < 4.78 is 0. The Morgan fingerprint density at radius 2 is 1.57 bits per heavy atom. The van der Waals surface area contributed by atoms with E-state index >= 15 is 0 Å². The molecule has 1 aliphatic carbocycles. The summed E-state index contributed by atoms with van der Waals surface area (Å²) in [5.41, 5.74) is 4.29. The van der Waals surface area contributed by atoms with Crippen LogP contribution in [0.2, 0.25) is 0 Å². The molecule has 2 N–H and O–H groups in total. The number of nitrogens with one attached hydrogen (secondary N) is 2. The van der Waals surface area contributed by atoms with E-state index in [4.69, 9.17) is 0 Å². The number of hydrogen-bond acceptors (Lipinski definition) is 3. The molecule has 2 aromatic carbocycles. The van der Waals surface area contributed by atoms with Gasteiger partial charge in [0, 0.05) is 22.9 Å². The van der Waals surface area contributed by atoms with Gasteiger partial charge in [-0.25, -0.2) is 0 Å². The van der Waals surface area contributed by atoms with Crippen molar-refractivity contribution < 1.29 is 9.59 Å². The predicted octanol–water partition coefficient (Wildman–Crippen LogP) is 4.98. The van der Waals surface area contributed by atoms with Crippen molar-refractivity contribution in [1.29, 1.82) is 0 Å². The first-order chi connectivity index (χ1) is 14.6. The number of carbonyl (C=O) groups excluding carboxylic acids is 2. The van der Waals surface area contributed by atoms with Gasteiger partial charge in [-0.3, -0.25) is 14.6 Å². The molecule has 0 radical (unpaired) electrons. The van der Waals surface area contributed by atoms with E-state index in [1.165, 1.54) is 12.8 Å². The van der Waals surface area contributed by atoms with Gasteiger partial charge in [-0.1, -0.05) is 43.2 Å². The monoisotopic (exact) mass is 399 g/mol. The average Bonchev–Trinajstić information content (AvgIpc) is 3.27. The van der Waals surface area contributed by atoms with Gasteiger partial charge in [-0.15, -0.1) is 0 Å². The quantitative estimate of drug-likeness (QED) is 0.635. The molecule has 1 saturated carbocycles. The number of aryl methyl sites for hydroxylation is 1. The summed E-state index contributed by atoms with van der Waals surface area (Å²) in [4.78, 5) is 29.6. The van der Waals surface area contributed by atoms with Gasteiger partial charge in [0.05, 0.1) is 17.0 Å². The highest BCUT2D eigenvalue weighted by atomic mass is 16.2. The van der Waals surface area contributed by atoms with Gasteiger partial charge in [0.1, 0.15) is 0 Å². The molecule has 0 aliphatic heterocycles. The Kier molecular flexibility index (Phi) is 5.89. The van der Waals surface area contributed by atoms with Crippen molar-refractivity contribution in [1.82, 2.24) is 10.3 Å². The number of nitrogens with zero attached hydrogens (tertiary/aromatic N) is 1. The zero-order valence-electron chi connectivity index (χ0n) is 17.0. The van der Waals surface area contributed by atoms with Crippen molar-refractivity contribution in [3.05, 3.63) is 83.6 Å². The minimum atomic E-state index is -0.220. The van der Waals surface area contributed by atoms with Crippen LogP contribution < -0.4 is 10.6 Å². The Morgan fingerprint density at radius 1 is 0.867 bits per heavy atom. The maximum atomic E-state index is 12.7. The first-order valence-corrected chi connectivity index (χ1v) is 10.4. The summed E-state index contributed by atoms with van der Waals surface area (Å²) in [7, 11) is 0. The third-order valence-electron chi connectivity index (χ3n) is 5.50. The molecule has 1 aliphatic rings. The Labute approximate surface area is 176 Å². The molecule has 3 aromatic rings. The molecule has 0 spiro atoms. The fraction of sp³-hybridized carbons (Fsp3) is 0.240. The lowest BCUT2D eigenvalue weighted by Gasteiger charge is -2.12. The van der Waals surface area contributed by atoms with Crippen molar-refractivity contribution in [2.24, 2.45) is 0 Å². The van der Waals surface area contributed by atoms with E-state index in [0.29, 0.717) is 22.5 Å². The van der Waals surface area contributed by atoms with Crippen molar-refractivity contribution in [2.45, 2.75) is 38.6 Å². The molecule has 4 rings (SSSR count). The molecule has 2 amide bonds. The molecule has 1 heterocycles. The lowest BCUT2D eigenvalue weighted by Crippen LogP contribution is -2.32. The van der Waals surface area contributed by atoms with Gasteiger partial charge >= 0.3 is 0 Å². The molecule has 1 aromatic heterocycles. The zero-order chi connectivity index (χ0) is 20.9. The Morgan fingerprint density at radius 3 is 2.23 bits per heavy atom. The highest BCUT2D eigenvalue weighted by molar-refractivity contribution is 6.05. The highest BCUT2D eigenvalue weighted by Crippen LogP contribution is 2.20. The van der Waals surface area contributed by atoms with Crippen molar-refractivity contribution in [2.75, 3.05) is 5.32 Å². The van der Waals surface area contributed by atoms with Gasteiger partial charge in [0.15, 0.2) is 0 Å². The number of anilines is 1. The van der Waals surface area contributed by atoms with Crippen LogP contribution in [0.1, 0.15) is 52.1 Å². The number of aromatic nitrogens is 1. The van der Waals surface area contributed by atoms with E-state index in [0.717, 1.165) is 24.1 Å². The Balaban J connectivity index is 1.41. The molecule has 0 bridgehead atoms. The van der Waals surface area contributed by atoms with E-state index in [-0.39, 0.29) is 17.9 Å². The molecular weight excluding hydrogens is 374 g/mol. The first-order valence-electron chi connectivity index (χ1n) is 10.4. The number of amides is 2. The standard InChI is InChI=1S/C25H25N3O2/c1-17-22(15-16-23(26-17)18-7-3-2-4-8-18)25(30)28-21-13-11-19(12-14-21)24(29)27-20-9-5-6-10-20/h2-4,7-8,11-16,20H,5-6,9-10H2,1H3,(H,27,29)(H,28,30). The minimum absolute atomic E-state index is 0.0590. The van der Waals surface area contributed by atoms with E-state index < -0.39 is 0 Å². The molecule has 0 unspecified atom stereocenters. The lowest BCUT2D eigenvalue weighted by molar-refractivity contribution is 0.0937. The number of carbonyl (C=O) groups is 2. The first kappa shape index (κ1) is 19.8. The number of rotatable bonds is 5. The van der Waals surface area contributed by atoms with Crippen molar-refractivity contribution >= 4 is 17.5 Å². The third kappa shape index (κ3) is 4.57. The third-order valence-corrected chi connectivity index (χ3v) is 5.50. The average molecular weight is 399 g/mol. The summed E-state index contributed by atoms with van der Waals surface area (Å²) in [6.45, 7) is 1.83. The van der Waals surface area contributed by atoms with Crippen LogP contribution in [0.4, 0.5) is 5.69 Å². The predicted molar refractivity (Wildman–Crippen MR) is 119 cm³/mol. The maximum absolute atomic E-state index is 12.7. The molecule has 1 fully saturated rings. The molecule has 30 heavy (non-hydrogen) atoms. The van der Waals surface area contributed by atoms with E-state index in [9.17, 15) is 9.59 Å². The summed E-state index contributed by atoms with van der Waals surface area (Å²) in [6, 6.07) is 20.8. The summed E-state index contributed by atoms with van der Waals surface area (Å²) in [5.74, 6) is -0.279. The Hall–Kier alpha value is -3.47. The van der Waals surface area contributed by atoms with Crippen molar-refractivity contribution in [3.63, 3.8) is 0 Å². The highest BCUT2D eigenvalue weighted by Gasteiger charge is 2.18. The van der Waals surface area contributed by atoms with Crippen LogP contribution in [0.15, 0.2) is 66.7 Å². The van der Waals surface area contributed by atoms with Gasteiger partial charge in [-0.05, 0) is 56.2 Å². The number of benzene rings is 2. The van der Waals surface area contributed by atoms with Gasteiger partial charge in [-0.2, -0.15) is 0 Å². The minimum Gasteiger partial charge on any atom is -0.349 e. The van der Waals surface area contributed by atoms with Crippen LogP contribution in [0, 0.1) is 6.92 Å². The Bertz CT molecular complexity index is 1040. The topological polar surface area (TPSA) is 71.1 Å². The van der Waals surface area contributed by atoms with Gasteiger partial charge in [0.2, 0.25) is 0 Å². The normalized spacial score (nSPS) is 13.8. The van der Waals surface area contributed by atoms with Crippen LogP contribution in [-0.2, 0) is 0 Å². The number of pyridine rings is 1. The fourth-order valence-corrected chi connectivity index (χ4v) is 3.81. The van der Waals surface area contributed by atoms with E-state index in [1.54, 1.807) is 30.3 Å². The van der Waals surface area contributed by atoms with Crippen LogP contribution in [0.25, 0.3) is 11.3 Å². The summed E-state index contributed by atoms with van der Waals surface area (Å²) in [6.07, 6.45) is 4.46. The van der Waals surface area contributed by atoms with Gasteiger partial charge < -0.3 is 10.6 Å². The lowest BCUT2D eigenvalue weighted by atomic mass is 10.1. The second-order valence-corrected chi connectivity index (χ2v) is 7.68. The molecule has 5 heteroatoms. The largest absolute Gasteiger partial charge is 0.349 e. The van der Waals surface area contributed by atoms with E-state index in [1.807, 2.05) is 43.3 Å². The second kappa shape index (κ2) is 8.91. The van der Waals surface area contributed by atoms with Gasteiger partial charge in [0.25, 0.3) is 11.8 Å². The zero-order valence-corrected chi connectivity index (χ0v) is 17.0. The number of hydrogen-bond donors (Lipinski definition) is 2. The summed E-state index contributed by atoms with van der Waals surface area (Å²) >= 11 is 0. The molecule has 0 atom stereocenters. The SMILES string of the molecule is Cc1nc(-c2ccccc2)ccc1C(=O)Nc1ccc(C(=O)NC2CCCC2)cc1. The van der Waals surface area contributed by atoms with E-state index in [2.05, 4.69) is 15.6 Å². The maximum Gasteiger partial charge on any atom is 0.257 e. The smallest absolute Gasteiger partial charge is 0.257 e. The molecule has 152 valence electrons. The summed E-state index contributed by atoms with van der Waals surface area (Å²) in [5, 5.41) is 5.96. The fourth-order valence-electron chi connectivity index (χ4n) is 3.81. The second-order valence-electron chi connectivity index (χ2n) is 7.68. The van der Waals surface area contributed by atoms with Crippen LogP contribution in [0.5, 0.6) is 0 Å². The molecule has 0 saturated heterocycles. The van der Waals surface area contributed by atoms with Crippen LogP contribution >= 0.6 is 0 Å². The molecule has 5 nitrogen and oxygen atoms in total. The molecular formula is C25H25N3O2.